The average Bonchev–Trinajstić information content (AvgIpc) is 2.84. The zero-order chi connectivity index (χ0) is 14.8. The van der Waals surface area contributed by atoms with Gasteiger partial charge in [-0.2, -0.15) is 0 Å². The molecule has 0 bridgehead atoms. The van der Waals surface area contributed by atoms with E-state index in [0.717, 1.165) is 18.7 Å². The topological polar surface area (TPSA) is 29.3 Å². The Bertz CT molecular complexity index is 621. The quantitative estimate of drug-likeness (QED) is 0.938. The fourth-order valence-corrected chi connectivity index (χ4v) is 2.99. The molecule has 2 atom stereocenters. The van der Waals surface area contributed by atoms with Gasteiger partial charge in [-0.15, -0.1) is 12.4 Å². The molecule has 2 aromatic carbocycles. The first-order valence-electron chi connectivity index (χ1n) is 7.10. The Morgan fingerprint density at radius 3 is 2.41 bits per heavy atom. The third-order valence-electron chi connectivity index (χ3n) is 4.06. The Morgan fingerprint density at radius 1 is 1.00 bits per heavy atom. The van der Waals surface area contributed by atoms with Crippen LogP contribution in [-0.2, 0) is 6.54 Å². The summed E-state index contributed by atoms with van der Waals surface area (Å²) < 4.78 is 26.2. The first kappa shape index (κ1) is 16.9. The van der Waals surface area contributed by atoms with E-state index in [1.165, 1.54) is 17.7 Å². The molecule has 0 aromatic heterocycles. The van der Waals surface area contributed by atoms with Crippen LogP contribution in [0.1, 0.15) is 17.0 Å². The molecule has 0 saturated carbocycles. The van der Waals surface area contributed by atoms with Crippen LogP contribution in [0.5, 0.6) is 0 Å². The van der Waals surface area contributed by atoms with Gasteiger partial charge in [-0.1, -0.05) is 36.4 Å². The minimum absolute atomic E-state index is 0. The van der Waals surface area contributed by atoms with E-state index in [1.54, 1.807) is 6.07 Å². The maximum absolute atomic E-state index is 13.3. The van der Waals surface area contributed by atoms with Gasteiger partial charge in [-0.25, -0.2) is 8.78 Å². The van der Waals surface area contributed by atoms with Crippen molar-refractivity contribution in [3.63, 3.8) is 0 Å². The van der Waals surface area contributed by atoms with Gasteiger partial charge in [0.1, 0.15) is 0 Å². The second-order valence-electron chi connectivity index (χ2n) is 5.62. The normalized spacial score (nSPS) is 21.6. The number of hydrogen-bond acceptors (Lipinski definition) is 2. The van der Waals surface area contributed by atoms with Gasteiger partial charge in [-0.05, 0) is 23.3 Å². The van der Waals surface area contributed by atoms with Crippen molar-refractivity contribution in [1.29, 1.82) is 0 Å². The zero-order valence-electron chi connectivity index (χ0n) is 12.1. The van der Waals surface area contributed by atoms with Gasteiger partial charge in [0.05, 0.1) is 0 Å². The fraction of sp³-hybridized carbons (Fsp3) is 0.294. The lowest BCUT2D eigenvalue weighted by molar-refractivity contribution is 0.323. The molecule has 1 heterocycles. The van der Waals surface area contributed by atoms with Gasteiger partial charge < -0.3 is 5.73 Å². The highest BCUT2D eigenvalue weighted by molar-refractivity contribution is 5.85. The van der Waals surface area contributed by atoms with E-state index < -0.39 is 11.6 Å². The van der Waals surface area contributed by atoms with Gasteiger partial charge in [0, 0.05) is 31.6 Å². The molecule has 118 valence electrons. The predicted molar refractivity (Wildman–Crippen MR) is 86.0 cm³/mol. The number of nitrogens with zero attached hydrogens (tertiary/aromatic N) is 1. The maximum atomic E-state index is 13.3. The van der Waals surface area contributed by atoms with Crippen LogP contribution in [0.4, 0.5) is 8.78 Å². The average molecular weight is 325 g/mol. The van der Waals surface area contributed by atoms with E-state index in [-0.39, 0.29) is 24.4 Å². The number of halogens is 3. The molecule has 5 heteroatoms. The van der Waals surface area contributed by atoms with Crippen LogP contribution in [0.15, 0.2) is 48.5 Å². The van der Waals surface area contributed by atoms with Crippen LogP contribution in [0.25, 0.3) is 0 Å². The highest BCUT2D eigenvalue weighted by atomic mass is 35.5. The van der Waals surface area contributed by atoms with Crippen molar-refractivity contribution >= 4 is 12.4 Å². The first-order valence-corrected chi connectivity index (χ1v) is 7.10. The highest BCUT2D eigenvalue weighted by Gasteiger charge is 2.31. The summed E-state index contributed by atoms with van der Waals surface area (Å²) in [7, 11) is 0. The summed E-state index contributed by atoms with van der Waals surface area (Å²) in [5.74, 6) is -1.31. The summed E-state index contributed by atoms with van der Waals surface area (Å²) in [5, 5.41) is 0. The second kappa shape index (κ2) is 7.18. The van der Waals surface area contributed by atoms with E-state index in [0.29, 0.717) is 6.54 Å². The van der Waals surface area contributed by atoms with Gasteiger partial charge in [0.25, 0.3) is 0 Å². The van der Waals surface area contributed by atoms with Crippen molar-refractivity contribution in [3.8, 4) is 0 Å². The Labute approximate surface area is 135 Å². The molecule has 0 amide bonds. The lowest BCUT2D eigenvalue weighted by Crippen LogP contribution is -2.28. The molecule has 0 spiro atoms. The van der Waals surface area contributed by atoms with Crippen LogP contribution in [-0.4, -0.2) is 24.0 Å². The minimum atomic E-state index is -0.806. The molecule has 1 aliphatic rings. The third-order valence-corrected chi connectivity index (χ3v) is 4.06. The highest BCUT2D eigenvalue weighted by Crippen LogP contribution is 2.27. The fourth-order valence-electron chi connectivity index (χ4n) is 2.99. The number of benzene rings is 2. The molecule has 3 rings (SSSR count). The summed E-state index contributed by atoms with van der Waals surface area (Å²) in [5.41, 5.74) is 8.24. The molecule has 22 heavy (non-hydrogen) atoms. The van der Waals surface area contributed by atoms with Crippen LogP contribution in [0.3, 0.4) is 0 Å². The van der Waals surface area contributed by atoms with Crippen molar-refractivity contribution in [2.75, 3.05) is 13.1 Å². The van der Waals surface area contributed by atoms with E-state index in [9.17, 15) is 8.78 Å². The molecule has 0 radical (unpaired) electrons. The van der Waals surface area contributed by atoms with E-state index in [4.69, 9.17) is 5.73 Å². The second-order valence-corrected chi connectivity index (χ2v) is 5.62. The molecule has 2 aromatic rings. The minimum Gasteiger partial charge on any atom is -0.326 e. The molecule has 0 unspecified atom stereocenters. The van der Waals surface area contributed by atoms with Crippen molar-refractivity contribution in [1.82, 2.24) is 4.90 Å². The lowest BCUT2D eigenvalue weighted by Gasteiger charge is -2.16. The van der Waals surface area contributed by atoms with E-state index in [1.807, 2.05) is 18.2 Å². The molecule has 2 nitrogen and oxygen atoms in total. The molecule has 0 aliphatic carbocycles. The zero-order valence-corrected chi connectivity index (χ0v) is 12.9. The summed E-state index contributed by atoms with van der Waals surface area (Å²) in [6.07, 6.45) is 0. The number of likely N-dealkylation sites (tertiary alicyclic amines) is 1. The predicted octanol–water partition coefficient (Wildman–Crippen LogP) is 3.31. The monoisotopic (exact) mass is 324 g/mol. The first-order chi connectivity index (χ1) is 10.1. The lowest BCUT2D eigenvalue weighted by atomic mass is 9.95. The Balaban J connectivity index is 0.00000176. The number of rotatable bonds is 3. The van der Waals surface area contributed by atoms with E-state index in [2.05, 4.69) is 17.0 Å². The smallest absolute Gasteiger partial charge is 0.159 e. The standard InChI is InChI=1S/C17H18F2N2.ClH/c18-15-7-6-12(8-16(15)19)9-21-10-14(17(20)11-21)13-4-2-1-3-5-13;/h1-8,14,17H,9-11,20H2;1H/t14-,17+;/m0./s1. The molecular formula is C17H19ClF2N2. The largest absolute Gasteiger partial charge is 0.326 e. The summed E-state index contributed by atoms with van der Waals surface area (Å²) in [6, 6.07) is 14.3. The van der Waals surface area contributed by atoms with Gasteiger partial charge >= 0.3 is 0 Å². The molecule has 2 N–H and O–H groups in total. The van der Waals surface area contributed by atoms with Gasteiger partial charge in [0.15, 0.2) is 11.6 Å². The van der Waals surface area contributed by atoms with Gasteiger partial charge in [0.2, 0.25) is 0 Å². The summed E-state index contributed by atoms with van der Waals surface area (Å²) in [4.78, 5) is 2.19. The maximum Gasteiger partial charge on any atom is 0.159 e. The van der Waals surface area contributed by atoms with Crippen LogP contribution in [0, 0.1) is 11.6 Å². The van der Waals surface area contributed by atoms with E-state index >= 15 is 0 Å². The molecular weight excluding hydrogens is 306 g/mol. The van der Waals surface area contributed by atoms with Crippen LogP contribution >= 0.6 is 12.4 Å². The van der Waals surface area contributed by atoms with Crippen LogP contribution < -0.4 is 5.73 Å². The van der Waals surface area contributed by atoms with Crippen molar-refractivity contribution < 1.29 is 8.78 Å². The third kappa shape index (κ3) is 3.64. The number of hydrogen-bond donors (Lipinski definition) is 1. The van der Waals surface area contributed by atoms with Crippen LogP contribution in [0.2, 0.25) is 0 Å². The van der Waals surface area contributed by atoms with Crippen molar-refractivity contribution in [2.45, 2.75) is 18.5 Å². The summed E-state index contributed by atoms with van der Waals surface area (Å²) >= 11 is 0. The molecule has 1 saturated heterocycles. The molecule has 1 aliphatic heterocycles. The van der Waals surface area contributed by atoms with Crippen molar-refractivity contribution in [3.05, 3.63) is 71.3 Å². The SMILES string of the molecule is Cl.N[C@@H]1CN(Cc2ccc(F)c(F)c2)C[C@H]1c1ccccc1. The Kier molecular flexibility index (Phi) is 5.51. The Morgan fingerprint density at radius 2 is 1.73 bits per heavy atom. The number of nitrogens with two attached hydrogens (primary N) is 1. The van der Waals surface area contributed by atoms with Crippen molar-refractivity contribution in [2.24, 2.45) is 5.73 Å². The van der Waals surface area contributed by atoms with Gasteiger partial charge in [-0.3, -0.25) is 4.90 Å². The Hall–Kier alpha value is -1.49. The molecule has 1 fully saturated rings. The summed E-state index contributed by atoms with van der Waals surface area (Å²) in [6.45, 7) is 2.19.